The summed E-state index contributed by atoms with van der Waals surface area (Å²) in [7, 11) is 0. The van der Waals surface area contributed by atoms with Gasteiger partial charge in [0.05, 0.1) is 6.04 Å². The van der Waals surface area contributed by atoms with Gasteiger partial charge in [-0.25, -0.2) is 9.38 Å². The van der Waals surface area contributed by atoms with Crippen LogP contribution in [0.1, 0.15) is 63.0 Å². The van der Waals surface area contributed by atoms with Crippen LogP contribution in [0.5, 0.6) is 0 Å². The summed E-state index contributed by atoms with van der Waals surface area (Å²) in [6.07, 6.45) is 14.9. The van der Waals surface area contributed by atoms with Crippen LogP contribution in [-0.2, 0) is 4.74 Å². The molecule has 1 aromatic rings. The molecule has 0 amide bonds. The second-order valence-corrected chi connectivity index (χ2v) is 10.7. The average molecular weight is 450 g/mol. The van der Waals surface area contributed by atoms with Crippen LogP contribution in [-0.4, -0.2) is 48.7 Å². The number of ether oxygens (including phenoxy) is 1. The summed E-state index contributed by atoms with van der Waals surface area (Å²) < 4.78 is 20.2. The van der Waals surface area contributed by atoms with Crippen molar-refractivity contribution in [2.75, 3.05) is 32.9 Å². The van der Waals surface area contributed by atoms with E-state index < -0.39 is 0 Å². The maximum atomic E-state index is 13.8. The Morgan fingerprint density at radius 2 is 1.79 bits per heavy atom. The van der Waals surface area contributed by atoms with Gasteiger partial charge >= 0.3 is 0 Å². The van der Waals surface area contributed by atoms with Gasteiger partial charge in [-0.15, -0.1) is 0 Å². The van der Waals surface area contributed by atoms with Gasteiger partial charge in [0.1, 0.15) is 12.5 Å². The molecule has 5 heteroatoms. The minimum absolute atomic E-state index is 0.0434. The number of hydrogen-bond acceptors (Lipinski definition) is 4. The highest BCUT2D eigenvalue weighted by Crippen LogP contribution is 2.46. The molecule has 2 fully saturated rings. The number of allylic oxidation sites excluding steroid dienone is 1. The Morgan fingerprint density at radius 3 is 2.55 bits per heavy atom. The van der Waals surface area contributed by atoms with Gasteiger partial charge in [-0.1, -0.05) is 36.3 Å². The molecule has 0 N–H and O–H groups in total. The normalized spacial score (nSPS) is 32.6. The van der Waals surface area contributed by atoms with E-state index in [-0.39, 0.29) is 11.9 Å². The van der Waals surface area contributed by atoms with E-state index in [1.807, 2.05) is 12.1 Å². The molecule has 2 atom stereocenters. The number of aliphatic imine (C=N–C) groups is 1. The van der Waals surface area contributed by atoms with E-state index in [4.69, 9.17) is 9.73 Å². The van der Waals surface area contributed by atoms with Crippen LogP contribution >= 0.6 is 0 Å². The van der Waals surface area contributed by atoms with Crippen molar-refractivity contribution in [3.63, 3.8) is 0 Å². The summed E-state index contributed by atoms with van der Waals surface area (Å²) in [6.45, 7) is 4.61. The first-order chi connectivity index (χ1) is 16.2. The highest BCUT2D eigenvalue weighted by atomic mass is 19.1. The molecule has 1 aromatic carbocycles. The molecule has 2 bridgehead atoms. The monoisotopic (exact) mass is 449 g/mol. The highest BCUT2D eigenvalue weighted by Gasteiger charge is 2.37. The maximum absolute atomic E-state index is 13.8. The molecule has 1 saturated carbocycles. The van der Waals surface area contributed by atoms with Crippen LogP contribution in [0.4, 0.5) is 4.39 Å². The van der Waals surface area contributed by atoms with Crippen molar-refractivity contribution in [2.45, 2.75) is 57.4 Å². The Morgan fingerprint density at radius 1 is 0.970 bits per heavy atom. The van der Waals surface area contributed by atoms with E-state index in [0.29, 0.717) is 12.6 Å². The fraction of sp³-hybridized carbons (Fsp3) is 0.607. The van der Waals surface area contributed by atoms with Crippen molar-refractivity contribution >= 4 is 6.02 Å². The number of hydrogen-bond donors (Lipinski definition) is 0. The lowest BCUT2D eigenvalue weighted by Gasteiger charge is -2.43. The third-order valence-corrected chi connectivity index (χ3v) is 8.73. The average Bonchev–Trinajstić information content (AvgIpc) is 2.82. The number of amidine groups is 1. The lowest BCUT2D eigenvalue weighted by Crippen LogP contribution is -2.45. The van der Waals surface area contributed by atoms with Gasteiger partial charge in [0.2, 0.25) is 0 Å². The van der Waals surface area contributed by atoms with Crippen molar-refractivity contribution in [1.82, 2.24) is 9.80 Å². The predicted octanol–water partition coefficient (Wildman–Crippen LogP) is 5.69. The van der Waals surface area contributed by atoms with Crippen molar-refractivity contribution in [1.29, 1.82) is 0 Å². The van der Waals surface area contributed by atoms with Crippen LogP contribution in [0, 0.1) is 23.6 Å². The van der Waals surface area contributed by atoms with Gasteiger partial charge in [0, 0.05) is 26.2 Å². The van der Waals surface area contributed by atoms with E-state index in [0.717, 1.165) is 62.4 Å². The second-order valence-electron chi connectivity index (χ2n) is 10.7. The van der Waals surface area contributed by atoms with Crippen molar-refractivity contribution in [3.05, 3.63) is 58.9 Å². The fourth-order valence-electron chi connectivity index (χ4n) is 6.42. The molecular formula is C28H36FN3O. The van der Waals surface area contributed by atoms with Gasteiger partial charge in [-0.3, -0.25) is 4.90 Å². The molecule has 0 aromatic heterocycles. The highest BCUT2D eigenvalue weighted by molar-refractivity contribution is 5.76. The Kier molecular flexibility index (Phi) is 6.00. The zero-order chi connectivity index (χ0) is 22.2. The van der Waals surface area contributed by atoms with Crippen LogP contribution in [0.3, 0.4) is 0 Å². The quantitative estimate of drug-likeness (QED) is 0.581. The smallest absolute Gasteiger partial charge is 0.289 e. The Balaban J connectivity index is 1.32. The number of nitrogens with zero attached hydrogens (tertiary/aromatic N) is 3. The van der Waals surface area contributed by atoms with Gasteiger partial charge in [-0.05, 0) is 86.0 Å². The van der Waals surface area contributed by atoms with E-state index in [1.165, 1.54) is 44.1 Å². The van der Waals surface area contributed by atoms with Crippen LogP contribution < -0.4 is 0 Å². The lowest BCUT2D eigenvalue weighted by molar-refractivity contribution is 0.0583. The Labute approximate surface area is 197 Å². The summed E-state index contributed by atoms with van der Waals surface area (Å²) in [6, 6.07) is 7.89. The Bertz CT molecular complexity index is 940. The molecule has 0 radical (unpaired) electrons. The van der Waals surface area contributed by atoms with E-state index in [9.17, 15) is 4.39 Å². The molecule has 7 rings (SSSR count). The van der Waals surface area contributed by atoms with Crippen molar-refractivity contribution in [3.8, 4) is 0 Å². The van der Waals surface area contributed by atoms with E-state index in [1.54, 1.807) is 17.7 Å². The minimum Gasteiger partial charge on any atom is -0.449 e. The standard InChI is InChI=1S/C28H36FN3O/c29-25-7-4-22(5-8-25)27-26-9-6-23(21-2-1-3-21)18-24(26)13-17-32(27)28-30-14-10-20-11-15-31(16-12-20)19-33-28/h4-9,20-21,23,27H,1-3,10-19H2/t23?,27-/m0/s1. The molecule has 6 aliphatic rings. The fourth-order valence-corrected chi connectivity index (χ4v) is 6.42. The third-order valence-electron chi connectivity index (χ3n) is 8.73. The zero-order valence-electron chi connectivity index (χ0n) is 19.6. The number of benzene rings is 1. The topological polar surface area (TPSA) is 28.1 Å². The molecule has 4 nitrogen and oxygen atoms in total. The summed E-state index contributed by atoms with van der Waals surface area (Å²) in [4.78, 5) is 9.77. The van der Waals surface area contributed by atoms with Crippen LogP contribution in [0.25, 0.3) is 0 Å². The number of rotatable bonds is 2. The van der Waals surface area contributed by atoms with Gasteiger partial charge in [0.25, 0.3) is 6.02 Å². The molecular weight excluding hydrogens is 413 g/mol. The first-order valence-electron chi connectivity index (χ1n) is 13.1. The molecule has 2 aliphatic carbocycles. The predicted molar refractivity (Wildman–Crippen MR) is 129 cm³/mol. The number of halogens is 1. The largest absolute Gasteiger partial charge is 0.449 e. The van der Waals surface area contributed by atoms with Gasteiger partial charge < -0.3 is 9.64 Å². The molecule has 4 aliphatic heterocycles. The molecule has 1 saturated heterocycles. The SMILES string of the molecule is Fc1ccc([C@H]2C3=C(CCN2C2=NCCC4CCN(CC4)CO2)CC(C2CCC2)C=C3)cc1. The van der Waals surface area contributed by atoms with Crippen molar-refractivity contribution < 1.29 is 9.13 Å². The van der Waals surface area contributed by atoms with E-state index in [2.05, 4.69) is 22.0 Å². The molecule has 33 heavy (non-hydrogen) atoms. The van der Waals surface area contributed by atoms with Crippen molar-refractivity contribution in [2.24, 2.45) is 22.7 Å². The van der Waals surface area contributed by atoms with Gasteiger partial charge in [-0.2, -0.15) is 0 Å². The Hall–Kier alpha value is -2.14. The third kappa shape index (κ3) is 4.37. The summed E-state index contributed by atoms with van der Waals surface area (Å²) in [5.74, 6) is 2.17. The second kappa shape index (κ2) is 9.25. The van der Waals surface area contributed by atoms with Crippen LogP contribution in [0.15, 0.2) is 52.6 Å². The minimum atomic E-state index is -0.185. The maximum Gasteiger partial charge on any atom is 0.289 e. The first kappa shape index (κ1) is 21.4. The molecule has 1 unspecified atom stereocenters. The summed E-state index contributed by atoms with van der Waals surface area (Å²) >= 11 is 0. The molecule has 0 spiro atoms. The molecule has 4 heterocycles. The van der Waals surface area contributed by atoms with Gasteiger partial charge in [0.15, 0.2) is 0 Å². The first-order valence-corrected chi connectivity index (χ1v) is 13.1. The lowest BCUT2D eigenvalue weighted by atomic mass is 9.69. The number of fused-ring (bicyclic) bond motifs is 6. The summed E-state index contributed by atoms with van der Waals surface area (Å²) in [5.41, 5.74) is 4.09. The van der Waals surface area contributed by atoms with E-state index >= 15 is 0 Å². The summed E-state index contributed by atoms with van der Waals surface area (Å²) in [5, 5.41) is 0. The zero-order valence-corrected chi connectivity index (χ0v) is 19.6. The number of piperidine rings is 1. The molecule has 176 valence electrons. The van der Waals surface area contributed by atoms with Crippen LogP contribution in [0.2, 0.25) is 0 Å².